The lowest BCUT2D eigenvalue weighted by atomic mass is 10.3. The van der Waals surface area contributed by atoms with Gasteiger partial charge in [-0.25, -0.2) is 0 Å². The Bertz CT molecular complexity index is 446. The average molecular weight is 399 g/mol. The first kappa shape index (κ1) is 23.4. The molecule has 1 aliphatic rings. The van der Waals surface area contributed by atoms with E-state index >= 15 is 0 Å². The molecule has 0 radical (unpaired) electrons. The third kappa shape index (κ3) is 4.10. The minimum atomic E-state index is -1.87. The molecule has 0 N–H and O–H groups in total. The summed E-state index contributed by atoms with van der Waals surface area (Å²) < 4.78 is 5.96. The molecule has 0 aliphatic carbocycles. The van der Waals surface area contributed by atoms with Crippen molar-refractivity contribution in [1.29, 1.82) is 0 Å². The van der Waals surface area contributed by atoms with Crippen molar-refractivity contribution in [3.63, 3.8) is 0 Å². The third-order valence-corrected chi connectivity index (χ3v) is 21.4. The van der Waals surface area contributed by atoms with Crippen molar-refractivity contribution in [2.75, 3.05) is 0 Å². The van der Waals surface area contributed by atoms with Crippen LogP contribution in [0.3, 0.4) is 0 Å². The summed E-state index contributed by atoms with van der Waals surface area (Å²) in [5.41, 5.74) is 0. The van der Waals surface area contributed by atoms with Gasteiger partial charge in [0.1, 0.15) is 0 Å². The fourth-order valence-corrected chi connectivity index (χ4v) is 28.3. The molecule has 1 rings (SSSR count). The standard InChI is InChI=1S/C20H46N2Si3/c1-15(2)21(16(3)4)25(22(17(5)6)18(7)8)19(23(9,10)11)20(25)24(12,13)14/h15-18H,1-14H3. The van der Waals surface area contributed by atoms with Crippen molar-refractivity contribution in [1.82, 2.24) is 9.13 Å². The molecule has 0 saturated heterocycles. The Morgan fingerprint density at radius 1 is 0.520 bits per heavy atom. The molecular weight excluding hydrogens is 352 g/mol. The fourth-order valence-electron chi connectivity index (χ4n) is 5.39. The molecule has 0 atom stereocenters. The summed E-state index contributed by atoms with van der Waals surface area (Å²) in [6.45, 7) is 35.0. The maximum atomic E-state index is 2.98. The Morgan fingerprint density at radius 2 is 0.720 bits per heavy atom. The smallest absolute Gasteiger partial charge is 0.256 e. The summed E-state index contributed by atoms with van der Waals surface area (Å²) in [6.07, 6.45) is 0. The summed E-state index contributed by atoms with van der Waals surface area (Å²) >= 11 is 0. The Morgan fingerprint density at radius 3 is 0.840 bits per heavy atom. The van der Waals surface area contributed by atoms with E-state index in [1.54, 1.807) is 0 Å². The quantitative estimate of drug-likeness (QED) is 0.476. The average Bonchev–Trinajstić information content (AvgIpc) is 2.96. The second-order valence-corrected chi connectivity index (χ2v) is 25.5. The van der Waals surface area contributed by atoms with Crippen LogP contribution in [0.4, 0.5) is 0 Å². The molecule has 0 bridgehead atoms. The van der Waals surface area contributed by atoms with Crippen molar-refractivity contribution >= 4 is 24.5 Å². The molecule has 0 aromatic heterocycles. The van der Waals surface area contributed by atoms with E-state index in [2.05, 4.69) is 104 Å². The zero-order valence-corrected chi connectivity index (χ0v) is 22.7. The molecule has 5 heteroatoms. The van der Waals surface area contributed by atoms with E-state index in [0.717, 1.165) is 0 Å². The van der Waals surface area contributed by atoms with Gasteiger partial charge >= 0.3 is 0 Å². The highest BCUT2D eigenvalue weighted by molar-refractivity contribution is 7.26. The summed E-state index contributed by atoms with van der Waals surface area (Å²) in [7, 11) is -4.57. The zero-order chi connectivity index (χ0) is 20.1. The predicted molar refractivity (Wildman–Crippen MR) is 124 cm³/mol. The molecule has 0 spiro atoms. The molecule has 0 amide bonds. The van der Waals surface area contributed by atoms with E-state index in [1.165, 1.54) is 0 Å². The number of hydrogen-bond acceptors (Lipinski definition) is 2. The molecule has 0 aromatic rings. The summed E-state index contributed by atoms with van der Waals surface area (Å²) in [5, 5.41) is 0. The summed E-state index contributed by atoms with van der Waals surface area (Å²) in [6, 6.07) is 2.41. The number of hydrogen-bond donors (Lipinski definition) is 0. The van der Waals surface area contributed by atoms with E-state index in [9.17, 15) is 0 Å². The van der Waals surface area contributed by atoms with Crippen LogP contribution in [-0.4, -0.2) is 57.8 Å². The maximum absolute atomic E-state index is 2.98. The second-order valence-electron chi connectivity index (χ2n) is 11.1. The van der Waals surface area contributed by atoms with Gasteiger partial charge in [0.25, 0.3) is 8.40 Å². The molecule has 0 saturated carbocycles. The molecule has 2 nitrogen and oxygen atoms in total. The molecule has 25 heavy (non-hydrogen) atoms. The fraction of sp³-hybridized carbons (Fsp3) is 0.900. The Balaban J connectivity index is 3.79. The van der Waals surface area contributed by atoms with Gasteiger partial charge in [0.2, 0.25) is 0 Å². The predicted octanol–water partition coefficient (Wildman–Crippen LogP) is 5.81. The summed E-state index contributed by atoms with van der Waals surface area (Å²) in [4.78, 5) is 3.98. The van der Waals surface area contributed by atoms with Crippen molar-refractivity contribution in [3.05, 3.63) is 9.64 Å². The maximum Gasteiger partial charge on any atom is 0.256 e. The Hall–Kier alpha value is 0.311. The lowest BCUT2D eigenvalue weighted by Crippen LogP contribution is -2.69. The summed E-state index contributed by atoms with van der Waals surface area (Å²) in [5.74, 6) is 0. The first-order chi connectivity index (χ1) is 11.0. The van der Waals surface area contributed by atoms with Crippen LogP contribution in [0.1, 0.15) is 55.4 Å². The van der Waals surface area contributed by atoms with Gasteiger partial charge in [-0.15, -0.1) is 0 Å². The lowest BCUT2D eigenvalue weighted by molar-refractivity contribution is 0.220. The van der Waals surface area contributed by atoms with Crippen molar-refractivity contribution in [2.24, 2.45) is 0 Å². The van der Waals surface area contributed by atoms with Crippen LogP contribution in [0.15, 0.2) is 9.64 Å². The minimum Gasteiger partial charge on any atom is -0.301 e. The highest BCUT2D eigenvalue weighted by Gasteiger charge is 2.71. The normalized spacial score (nSPS) is 18.7. The van der Waals surface area contributed by atoms with Gasteiger partial charge in [0.15, 0.2) is 0 Å². The van der Waals surface area contributed by atoms with E-state index in [0.29, 0.717) is 24.2 Å². The van der Waals surface area contributed by atoms with E-state index in [4.69, 9.17) is 0 Å². The van der Waals surface area contributed by atoms with Crippen molar-refractivity contribution in [2.45, 2.75) is 119 Å². The second kappa shape index (κ2) is 7.38. The van der Waals surface area contributed by atoms with Gasteiger partial charge in [-0.2, -0.15) is 0 Å². The molecule has 148 valence electrons. The van der Waals surface area contributed by atoms with Crippen LogP contribution in [-0.2, 0) is 0 Å². The molecular formula is C20H46N2Si3. The third-order valence-electron chi connectivity index (χ3n) is 5.36. The van der Waals surface area contributed by atoms with Crippen LogP contribution in [0.25, 0.3) is 0 Å². The van der Waals surface area contributed by atoms with Gasteiger partial charge in [0, 0.05) is 0 Å². The van der Waals surface area contributed by atoms with Gasteiger partial charge in [-0.3, -0.25) is 0 Å². The van der Waals surface area contributed by atoms with E-state index < -0.39 is 24.5 Å². The van der Waals surface area contributed by atoms with Crippen LogP contribution in [0, 0.1) is 0 Å². The number of nitrogens with zero attached hydrogens (tertiary/aromatic N) is 2. The first-order valence-corrected chi connectivity index (χ1v) is 19.2. The van der Waals surface area contributed by atoms with Crippen molar-refractivity contribution in [3.8, 4) is 0 Å². The van der Waals surface area contributed by atoms with Crippen molar-refractivity contribution < 1.29 is 0 Å². The van der Waals surface area contributed by atoms with Gasteiger partial charge in [0.05, 0.1) is 16.1 Å². The largest absolute Gasteiger partial charge is 0.301 e. The SMILES string of the molecule is CC(C)N(C(C)C)[Si]1(N(C(C)C)C(C)C)C([Si](C)(C)C)=C1[Si](C)(C)C. The highest BCUT2D eigenvalue weighted by atomic mass is 28.4. The molecule has 0 fully saturated rings. The Kier molecular flexibility index (Phi) is 6.89. The van der Waals surface area contributed by atoms with E-state index in [1.807, 2.05) is 9.64 Å². The lowest BCUT2D eigenvalue weighted by Gasteiger charge is -2.51. The monoisotopic (exact) mass is 398 g/mol. The van der Waals surface area contributed by atoms with Crippen LogP contribution < -0.4 is 0 Å². The van der Waals surface area contributed by atoms with Crippen LogP contribution >= 0.6 is 0 Å². The molecule has 1 aliphatic heterocycles. The zero-order valence-electron chi connectivity index (χ0n) is 19.7. The Labute approximate surface area is 162 Å². The first-order valence-electron chi connectivity index (χ1n) is 10.3. The van der Waals surface area contributed by atoms with Gasteiger partial charge in [-0.05, 0) is 24.2 Å². The van der Waals surface area contributed by atoms with Gasteiger partial charge < -0.3 is 9.13 Å². The topological polar surface area (TPSA) is 6.48 Å². The molecule has 0 aromatic carbocycles. The molecule has 1 heterocycles. The molecule has 0 unspecified atom stereocenters. The highest BCUT2D eigenvalue weighted by Crippen LogP contribution is 2.56. The van der Waals surface area contributed by atoms with E-state index in [-0.39, 0.29) is 0 Å². The van der Waals surface area contributed by atoms with Crippen LogP contribution in [0.2, 0.25) is 39.3 Å². The van der Waals surface area contributed by atoms with Gasteiger partial charge in [-0.1, -0.05) is 104 Å². The van der Waals surface area contributed by atoms with Crippen LogP contribution in [0.5, 0.6) is 0 Å². The number of rotatable bonds is 8. The minimum absolute atomic E-state index is 0.604.